The van der Waals surface area contributed by atoms with E-state index in [0.29, 0.717) is 28.8 Å². The van der Waals surface area contributed by atoms with E-state index >= 15 is 0 Å². The molecule has 0 amide bonds. The smallest absolute Gasteiger partial charge is 0.137 e. The summed E-state index contributed by atoms with van der Waals surface area (Å²) in [6, 6.07) is 5.25. The fourth-order valence-corrected chi connectivity index (χ4v) is 2.55. The fourth-order valence-electron chi connectivity index (χ4n) is 2.17. The maximum Gasteiger partial charge on any atom is 0.137 e. The summed E-state index contributed by atoms with van der Waals surface area (Å²) in [5.74, 6) is 0.725. The van der Waals surface area contributed by atoms with E-state index in [2.05, 4.69) is 5.32 Å². The summed E-state index contributed by atoms with van der Waals surface area (Å²) in [4.78, 5) is 11.9. The number of hydrogen-bond acceptors (Lipinski definition) is 2. The number of nitrogens with one attached hydrogen (secondary N) is 1. The van der Waals surface area contributed by atoms with Gasteiger partial charge in [0.2, 0.25) is 0 Å². The van der Waals surface area contributed by atoms with E-state index in [0.717, 1.165) is 25.1 Å². The number of rotatable bonds is 4. The Kier molecular flexibility index (Phi) is 4.43. The summed E-state index contributed by atoms with van der Waals surface area (Å²) in [6.45, 7) is 1.98. The van der Waals surface area contributed by atoms with Gasteiger partial charge in [0.1, 0.15) is 5.78 Å². The van der Waals surface area contributed by atoms with Gasteiger partial charge in [-0.3, -0.25) is 4.79 Å². The van der Waals surface area contributed by atoms with Gasteiger partial charge in [0.15, 0.2) is 0 Å². The normalized spacial score (nSPS) is 19.5. The van der Waals surface area contributed by atoms with Crippen LogP contribution in [0.4, 0.5) is 0 Å². The third-order valence-electron chi connectivity index (χ3n) is 3.07. The molecule has 1 N–H and O–H groups in total. The highest BCUT2D eigenvalue weighted by Crippen LogP contribution is 2.22. The molecule has 1 atom stereocenters. The number of benzene rings is 1. The van der Waals surface area contributed by atoms with E-state index < -0.39 is 0 Å². The lowest BCUT2D eigenvalue weighted by molar-refractivity contribution is -0.119. The standard InChI is InChI=1S/C13H15Cl2NO/c14-11-1-2-13(15)10(6-11)7-12(17)5-9-3-4-16-8-9/h1-2,6,9,16H,3-5,7-8H2. The maximum atomic E-state index is 11.9. The lowest BCUT2D eigenvalue weighted by atomic mass is 9.98. The van der Waals surface area contributed by atoms with Gasteiger partial charge in [-0.15, -0.1) is 0 Å². The van der Waals surface area contributed by atoms with Crippen LogP contribution in [0.5, 0.6) is 0 Å². The van der Waals surface area contributed by atoms with Gasteiger partial charge in [0.05, 0.1) is 0 Å². The molecule has 0 bridgehead atoms. The fraction of sp³-hybridized carbons (Fsp3) is 0.462. The van der Waals surface area contributed by atoms with Crippen LogP contribution in [0.3, 0.4) is 0 Å². The van der Waals surface area contributed by atoms with Crippen LogP contribution in [0, 0.1) is 5.92 Å². The molecule has 1 unspecified atom stereocenters. The van der Waals surface area contributed by atoms with E-state index in [-0.39, 0.29) is 5.78 Å². The second kappa shape index (κ2) is 5.85. The average Bonchev–Trinajstić information content (AvgIpc) is 2.76. The van der Waals surface area contributed by atoms with Gasteiger partial charge >= 0.3 is 0 Å². The molecule has 17 heavy (non-hydrogen) atoms. The first-order valence-electron chi connectivity index (χ1n) is 5.81. The molecule has 1 fully saturated rings. The molecule has 1 saturated heterocycles. The summed E-state index contributed by atoms with van der Waals surface area (Å²) in [6.07, 6.45) is 2.11. The summed E-state index contributed by atoms with van der Waals surface area (Å²) in [5, 5.41) is 4.51. The molecule has 0 aliphatic carbocycles. The highest BCUT2D eigenvalue weighted by molar-refractivity contribution is 6.33. The lowest BCUT2D eigenvalue weighted by Crippen LogP contribution is -2.14. The van der Waals surface area contributed by atoms with E-state index in [1.165, 1.54) is 0 Å². The highest BCUT2D eigenvalue weighted by atomic mass is 35.5. The summed E-state index contributed by atoms with van der Waals surface area (Å²) >= 11 is 11.9. The van der Waals surface area contributed by atoms with Crippen LogP contribution in [0.25, 0.3) is 0 Å². The van der Waals surface area contributed by atoms with Crippen LogP contribution in [-0.2, 0) is 11.2 Å². The van der Waals surface area contributed by atoms with Gasteiger partial charge in [-0.2, -0.15) is 0 Å². The molecule has 0 radical (unpaired) electrons. The second-order valence-corrected chi connectivity index (χ2v) is 5.36. The van der Waals surface area contributed by atoms with Crippen molar-refractivity contribution in [2.24, 2.45) is 5.92 Å². The number of hydrogen-bond donors (Lipinski definition) is 1. The van der Waals surface area contributed by atoms with Gasteiger partial charge in [-0.05, 0) is 49.2 Å². The zero-order valence-corrected chi connectivity index (χ0v) is 11.0. The SMILES string of the molecule is O=C(Cc1cc(Cl)ccc1Cl)CC1CCNC1. The molecule has 0 saturated carbocycles. The summed E-state index contributed by atoms with van der Waals surface area (Å²) in [7, 11) is 0. The first-order chi connectivity index (χ1) is 8.15. The van der Waals surface area contributed by atoms with Crippen LogP contribution in [-0.4, -0.2) is 18.9 Å². The van der Waals surface area contributed by atoms with Crippen molar-refractivity contribution in [1.82, 2.24) is 5.32 Å². The number of carbonyl (C=O) groups is 1. The molecule has 1 heterocycles. The van der Waals surface area contributed by atoms with Crippen molar-refractivity contribution < 1.29 is 4.79 Å². The minimum absolute atomic E-state index is 0.239. The molecule has 1 aliphatic heterocycles. The Bertz CT molecular complexity index is 414. The van der Waals surface area contributed by atoms with Gasteiger partial charge in [-0.25, -0.2) is 0 Å². The lowest BCUT2D eigenvalue weighted by Gasteiger charge is -2.08. The predicted molar refractivity (Wildman–Crippen MR) is 70.8 cm³/mol. The first kappa shape index (κ1) is 12.9. The van der Waals surface area contributed by atoms with Gasteiger partial charge < -0.3 is 5.32 Å². The van der Waals surface area contributed by atoms with Crippen molar-refractivity contribution in [3.63, 3.8) is 0 Å². The van der Waals surface area contributed by atoms with Gasteiger partial charge in [-0.1, -0.05) is 23.2 Å². The molecular formula is C13H15Cl2NO. The molecule has 2 nitrogen and oxygen atoms in total. The van der Waals surface area contributed by atoms with Crippen molar-refractivity contribution in [3.05, 3.63) is 33.8 Å². The molecular weight excluding hydrogens is 257 g/mol. The molecule has 4 heteroatoms. The monoisotopic (exact) mass is 271 g/mol. The Balaban J connectivity index is 1.95. The maximum absolute atomic E-state index is 11.9. The molecule has 92 valence electrons. The van der Waals surface area contributed by atoms with Crippen LogP contribution in [0.2, 0.25) is 10.0 Å². The van der Waals surface area contributed by atoms with Crippen molar-refractivity contribution in [2.75, 3.05) is 13.1 Å². The second-order valence-electron chi connectivity index (χ2n) is 4.51. The largest absolute Gasteiger partial charge is 0.316 e. The van der Waals surface area contributed by atoms with Crippen molar-refractivity contribution in [1.29, 1.82) is 0 Å². The average molecular weight is 272 g/mol. The number of halogens is 2. The van der Waals surface area contributed by atoms with Crippen LogP contribution in [0.1, 0.15) is 18.4 Å². The summed E-state index contributed by atoms with van der Waals surface area (Å²) < 4.78 is 0. The Morgan fingerprint density at radius 3 is 2.94 bits per heavy atom. The highest BCUT2D eigenvalue weighted by Gasteiger charge is 2.18. The van der Waals surface area contributed by atoms with Crippen molar-refractivity contribution in [3.8, 4) is 0 Å². The van der Waals surface area contributed by atoms with E-state index in [4.69, 9.17) is 23.2 Å². The minimum atomic E-state index is 0.239. The van der Waals surface area contributed by atoms with Gasteiger partial charge in [0.25, 0.3) is 0 Å². The third-order valence-corrected chi connectivity index (χ3v) is 3.68. The van der Waals surface area contributed by atoms with Crippen molar-refractivity contribution in [2.45, 2.75) is 19.3 Å². The van der Waals surface area contributed by atoms with Gasteiger partial charge in [0, 0.05) is 22.9 Å². The molecule has 0 spiro atoms. The molecule has 1 aliphatic rings. The first-order valence-corrected chi connectivity index (χ1v) is 6.57. The molecule has 1 aromatic carbocycles. The zero-order chi connectivity index (χ0) is 12.3. The van der Waals surface area contributed by atoms with E-state index in [9.17, 15) is 4.79 Å². The molecule has 1 aromatic rings. The Morgan fingerprint density at radius 2 is 2.24 bits per heavy atom. The predicted octanol–water partition coefficient (Wildman–Crippen LogP) is 3.10. The quantitative estimate of drug-likeness (QED) is 0.912. The third kappa shape index (κ3) is 3.70. The minimum Gasteiger partial charge on any atom is -0.316 e. The zero-order valence-electron chi connectivity index (χ0n) is 9.51. The Labute approximate surface area is 111 Å². The topological polar surface area (TPSA) is 29.1 Å². The summed E-state index contributed by atoms with van der Waals surface area (Å²) in [5.41, 5.74) is 0.829. The van der Waals surface area contributed by atoms with Crippen molar-refractivity contribution >= 4 is 29.0 Å². The molecule has 2 rings (SSSR count). The molecule has 0 aromatic heterocycles. The number of Topliss-reactive ketones (excluding diaryl/α,β-unsaturated/α-hetero) is 1. The van der Waals surface area contributed by atoms with E-state index in [1.807, 2.05) is 0 Å². The van der Waals surface area contributed by atoms with Crippen LogP contribution >= 0.6 is 23.2 Å². The van der Waals surface area contributed by atoms with E-state index in [1.54, 1.807) is 18.2 Å². The van der Waals surface area contributed by atoms with Crippen LogP contribution in [0.15, 0.2) is 18.2 Å². The Morgan fingerprint density at radius 1 is 1.41 bits per heavy atom. The van der Waals surface area contributed by atoms with Crippen LogP contribution < -0.4 is 5.32 Å². The number of carbonyl (C=O) groups excluding carboxylic acids is 1. The Hall–Kier alpha value is -0.570. The number of ketones is 1.